The highest BCUT2D eigenvalue weighted by Crippen LogP contribution is 2.30. The second-order valence-electron chi connectivity index (χ2n) is 4.47. The van der Waals surface area contributed by atoms with Crippen molar-refractivity contribution < 1.29 is 17.5 Å². The molecule has 2 rings (SSSR count). The topological polar surface area (TPSA) is 55.4 Å². The van der Waals surface area contributed by atoms with E-state index >= 15 is 0 Å². The summed E-state index contributed by atoms with van der Waals surface area (Å²) in [6, 6.07) is 4.96. The fourth-order valence-corrected chi connectivity index (χ4v) is 4.45. The predicted molar refractivity (Wildman–Crippen MR) is 73.3 cm³/mol. The summed E-state index contributed by atoms with van der Waals surface area (Å²) in [5, 5.41) is 0. The van der Waals surface area contributed by atoms with Gasteiger partial charge in [0.05, 0.1) is 10.5 Å². The van der Waals surface area contributed by atoms with E-state index in [2.05, 4.69) is 4.72 Å². The SMILES string of the molecule is COC1(CNS(=O)(=O)c2cccc(F)c2)CCSC1. The standard InChI is InChI=1S/C12H16FNO3S2/c1-17-12(5-6-18-9-12)8-14-19(15,16)11-4-2-3-10(13)7-11/h2-4,7,14H,5-6,8-9H2,1H3. The molecule has 7 heteroatoms. The molecule has 1 fully saturated rings. The fraction of sp³-hybridized carbons (Fsp3) is 0.500. The first-order chi connectivity index (χ1) is 8.97. The first-order valence-corrected chi connectivity index (χ1v) is 8.49. The smallest absolute Gasteiger partial charge is 0.240 e. The maximum atomic E-state index is 13.1. The van der Waals surface area contributed by atoms with E-state index in [1.54, 1.807) is 18.9 Å². The van der Waals surface area contributed by atoms with Gasteiger partial charge in [-0.3, -0.25) is 0 Å². The number of benzene rings is 1. The van der Waals surface area contributed by atoms with Crippen LogP contribution in [-0.4, -0.2) is 39.2 Å². The van der Waals surface area contributed by atoms with Gasteiger partial charge in [-0.05, 0) is 30.4 Å². The number of methoxy groups -OCH3 is 1. The second-order valence-corrected chi connectivity index (χ2v) is 7.34. The molecule has 0 aromatic heterocycles. The number of halogens is 1. The summed E-state index contributed by atoms with van der Waals surface area (Å²) >= 11 is 1.73. The Morgan fingerprint density at radius 3 is 2.89 bits per heavy atom. The Kier molecular flexibility index (Phi) is 4.50. The highest BCUT2D eigenvalue weighted by Gasteiger charge is 2.35. The zero-order chi connectivity index (χ0) is 13.9. The van der Waals surface area contributed by atoms with Crippen molar-refractivity contribution in [3.05, 3.63) is 30.1 Å². The largest absolute Gasteiger partial charge is 0.376 e. The molecule has 0 aliphatic carbocycles. The Labute approximate surface area is 116 Å². The maximum Gasteiger partial charge on any atom is 0.240 e. The van der Waals surface area contributed by atoms with E-state index in [4.69, 9.17) is 4.74 Å². The molecule has 1 heterocycles. The molecule has 4 nitrogen and oxygen atoms in total. The molecule has 1 aromatic rings. The number of thioether (sulfide) groups is 1. The molecule has 1 aromatic carbocycles. The molecule has 1 aliphatic rings. The van der Waals surface area contributed by atoms with Crippen molar-refractivity contribution in [3.8, 4) is 0 Å². The molecule has 1 atom stereocenters. The second kappa shape index (κ2) is 5.78. The summed E-state index contributed by atoms with van der Waals surface area (Å²) in [4.78, 5) is -0.0654. The molecule has 1 N–H and O–H groups in total. The van der Waals surface area contributed by atoms with Gasteiger partial charge < -0.3 is 4.74 Å². The zero-order valence-electron chi connectivity index (χ0n) is 10.6. The minimum absolute atomic E-state index is 0.0654. The summed E-state index contributed by atoms with van der Waals surface area (Å²) in [5.74, 6) is 1.14. The van der Waals surface area contributed by atoms with Crippen molar-refractivity contribution >= 4 is 21.8 Å². The van der Waals surface area contributed by atoms with Crippen molar-refractivity contribution in [2.75, 3.05) is 25.2 Å². The lowest BCUT2D eigenvalue weighted by Gasteiger charge is -2.26. The van der Waals surface area contributed by atoms with Gasteiger partial charge in [-0.15, -0.1) is 0 Å². The van der Waals surface area contributed by atoms with Gasteiger partial charge in [-0.1, -0.05) is 6.07 Å². The van der Waals surface area contributed by atoms with Crippen LogP contribution in [0.4, 0.5) is 4.39 Å². The lowest BCUT2D eigenvalue weighted by molar-refractivity contribution is 0.0179. The molecule has 1 saturated heterocycles. The van der Waals surface area contributed by atoms with Crippen molar-refractivity contribution in [1.29, 1.82) is 0 Å². The highest BCUT2D eigenvalue weighted by atomic mass is 32.2. The van der Waals surface area contributed by atoms with Gasteiger partial charge in [0.2, 0.25) is 10.0 Å². The van der Waals surface area contributed by atoms with Crippen molar-refractivity contribution in [2.45, 2.75) is 16.9 Å². The molecule has 0 amide bonds. The van der Waals surface area contributed by atoms with Crippen LogP contribution in [-0.2, 0) is 14.8 Å². The Morgan fingerprint density at radius 2 is 2.32 bits per heavy atom. The number of hydrogen-bond donors (Lipinski definition) is 1. The third-order valence-corrected chi connectivity index (χ3v) is 5.81. The van der Waals surface area contributed by atoms with Crippen LogP contribution in [0.1, 0.15) is 6.42 Å². The summed E-state index contributed by atoms with van der Waals surface area (Å²) < 4.78 is 45.1. The molecule has 106 valence electrons. The van der Waals surface area contributed by atoms with E-state index in [9.17, 15) is 12.8 Å². The average Bonchev–Trinajstić information content (AvgIpc) is 2.86. The van der Waals surface area contributed by atoms with Crippen molar-refractivity contribution in [1.82, 2.24) is 4.72 Å². The quantitative estimate of drug-likeness (QED) is 0.898. The Bertz CT molecular complexity index is 542. The first-order valence-electron chi connectivity index (χ1n) is 5.86. The van der Waals surface area contributed by atoms with Crippen LogP contribution < -0.4 is 4.72 Å². The summed E-state index contributed by atoms with van der Waals surface area (Å²) in [5.41, 5.74) is -0.453. The van der Waals surface area contributed by atoms with E-state index in [1.165, 1.54) is 18.2 Å². The molecule has 0 saturated carbocycles. The number of rotatable bonds is 5. The van der Waals surface area contributed by atoms with Gasteiger partial charge in [0.1, 0.15) is 5.82 Å². The molecular formula is C12H16FNO3S2. The van der Waals surface area contributed by atoms with Gasteiger partial charge in [0.25, 0.3) is 0 Å². The lowest BCUT2D eigenvalue weighted by atomic mass is 10.0. The molecule has 1 aliphatic heterocycles. The van der Waals surface area contributed by atoms with Crippen LogP contribution in [0.15, 0.2) is 29.2 Å². The van der Waals surface area contributed by atoms with E-state index in [0.29, 0.717) is 0 Å². The highest BCUT2D eigenvalue weighted by molar-refractivity contribution is 7.99. The molecule has 0 spiro atoms. The predicted octanol–water partition coefficient (Wildman–Crippen LogP) is 1.63. The lowest BCUT2D eigenvalue weighted by Crippen LogP contribution is -2.44. The van der Waals surface area contributed by atoms with Crippen molar-refractivity contribution in [2.24, 2.45) is 0 Å². The van der Waals surface area contributed by atoms with E-state index < -0.39 is 21.4 Å². The summed E-state index contributed by atoms with van der Waals surface area (Å²) in [7, 11) is -2.11. The summed E-state index contributed by atoms with van der Waals surface area (Å²) in [6.07, 6.45) is 0.805. The van der Waals surface area contributed by atoms with Gasteiger partial charge in [-0.2, -0.15) is 11.8 Å². The van der Waals surface area contributed by atoms with E-state index in [1.807, 2.05) is 0 Å². The Hall–Kier alpha value is -0.630. The average molecular weight is 305 g/mol. The van der Waals surface area contributed by atoms with E-state index in [-0.39, 0.29) is 11.4 Å². The van der Waals surface area contributed by atoms with Crippen LogP contribution in [0, 0.1) is 5.82 Å². The molecule has 1 unspecified atom stereocenters. The van der Waals surface area contributed by atoms with Crippen LogP contribution in [0.3, 0.4) is 0 Å². The molecular weight excluding hydrogens is 289 g/mol. The number of ether oxygens (including phenoxy) is 1. The fourth-order valence-electron chi connectivity index (χ4n) is 1.91. The van der Waals surface area contributed by atoms with Crippen LogP contribution in [0.25, 0.3) is 0 Å². The maximum absolute atomic E-state index is 13.1. The minimum atomic E-state index is -3.70. The normalized spacial score (nSPS) is 23.7. The zero-order valence-corrected chi connectivity index (χ0v) is 12.2. The van der Waals surface area contributed by atoms with Crippen molar-refractivity contribution in [3.63, 3.8) is 0 Å². The summed E-state index contributed by atoms with van der Waals surface area (Å²) in [6.45, 7) is 0.204. The first kappa shape index (κ1) is 14.8. The number of sulfonamides is 1. The van der Waals surface area contributed by atoms with Crippen LogP contribution >= 0.6 is 11.8 Å². The van der Waals surface area contributed by atoms with E-state index in [0.717, 1.165) is 24.0 Å². The number of hydrogen-bond acceptors (Lipinski definition) is 4. The number of nitrogens with one attached hydrogen (secondary N) is 1. The third-order valence-electron chi connectivity index (χ3n) is 3.19. The minimum Gasteiger partial charge on any atom is -0.376 e. The monoisotopic (exact) mass is 305 g/mol. The van der Waals surface area contributed by atoms with Crippen LogP contribution in [0.5, 0.6) is 0 Å². The van der Waals surface area contributed by atoms with Gasteiger partial charge in [-0.25, -0.2) is 17.5 Å². The Morgan fingerprint density at radius 1 is 1.53 bits per heavy atom. The van der Waals surface area contributed by atoms with Crippen LogP contribution in [0.2, 0.25) is 0 Å². The molecule has 0 bridgehead atoms. The Balaban J connectivity index is 2.09. The van der Waals surface area contributed by atoms with Gasteiger partial charge in [0, 0.05) is 19.4 Å². The molecule has 0 radical (unpaired) electrons. The van der Waals surface area contributed by atoms with Gasteiger partial charge >= 0.3 is 0 Å². The van der Waals surface area contributed by atoms with Gasteiger partial charge in [0.15, 0.2) is 0 Å². The molecule has 19 heavy (non-hydrogen) atoms. The third kappa shape index (κ3) is 3.47.